The maximum atomic E-state index is 11.2. The van der Waals surface area contributed by atoms with E-state index in [2.05, 4.69) is 5.32 Å². The quantitative estimate of drug-likeness (QED) is 0.754. The van der Waals surface area contributed by atoms with Crippen molar-refractivity contribution in [3.63, 3.8) is 0 Å². The first-order valence-corrected chi connectivity index (χ1v) is 5.80. The molecule has 1 aliphatic heterocycles. The highest BCUT2D eigenvalue weighted by Crippen LogP contribution is 2.25. The van der Waals surface area contributed by atoms with Gasteiger partial charge in [-0.05, 0) is 12.8 Å². The minimum atomic E-state index is -2.14. The molecule has 3 amide bonds. The lowest BCUT2D eigenvalue weighted by atomic mass is 10.2. The highest BCUT2D eigenvalue weighted by Gasteiger charge is 2.32. The lowest BCUT2D eigenvalue weighted by Gasteiger charge is -2.13. The average Bonchev–Trinajstić information content (AvgIpc) is 2.65. The van der Waals surface area contributed by atoms with Crippen molar-refractivity contribution in [2.45, 2.75) is 22.7 Å². The minimum absolute atomic E-state index is 0.00591. The van der Waals surface area contributed by atoms with Crippen molar-refractivity contribution in [3.8, 4) is 0 Å². The molecule has 1 fully saturated rings. The van der Waals surface area contributed by atoms with Crippen LogP contribution in [0.5, 0.6) is 0 Å². The number of ether oxygens (including phenoxy) is 1. The Morgan fingerprint density at radius 1 is 1.38 bits per heavy atom. The molecule has 1 saturated heterocycles. The molecule has 0 aromatic carbocycles. The molecule has 1 heterocycles. The Bertz CT molecular complexity index is 274. The zero-order valence-corrected chi connectivity index (χ0v) is 10.5. The number of imide groups is 1. The van der Waals surface area contributed by atoms with E-state index in [0.29, 0.717) is 13.2 Å². The second-order valence-electron chi connectivity index (χ2n) is 3.30. The molecular formula is C8H11Cl3N2O3. The van der Waals surface area contributed by atoms with Crippen molar-refractivity contribution in [2.75, 3.05) is 13.2 Å². The first-order valence-electron chi connectivity index (χ1n) is 4.67. The monoisotopic (exact) mass is 288 g/mol. The molecule has 0 radical (unpaired) electrons. The maximum Gasteiger partial charge on any atom is 0.321 e. The van der Waals surface area contributed by atoms with E-state index in [1.54, 1.807) is 0 Å². The van der Waals surface area contributed by atoms with E-state index in [9.17, 15) is 9.59 Å². The van der Waals surface area contributed by atoms with Crippen LogP contribution in [0.25, 0.3) is 0 Å². The summed E-state index contributed by atoms with van der Waals surface area (Å²) in [5.74, 6) is -0.984. The number of nitrogens with one attached hydrogen (secondary N) is 2. The summed E-state index contributed by atoms with van der Waals surface area (Å²) in [5, 5.41) is 4.36. The van der Waals surface area contributed by atoms with Crippen LogP contribution in [0, 0.1) is 0 Å². The summed E-state index contributed by atoms with van der Waals surface area (Å²) in [7, 11) is 0. The van der Waals surface area contributed by atoms with E-state index in [1.165, 1.54) is 0 Å². The van der Waals surface area contributed by atoms with Crippen LogP contribution in [-0.4, -0.2) is 35.0 Å². The fraction of sp³-hybridized carbons (Fsp3) is 0.750. The summed E-state index contributed by atoms with van der Waals surface area (Å²) >= 11 is 15.8. The lowest BCUT2D eigenvalue weighted by Crippen LogP contribution is -2.46. The molecule has 1 atom stereocenters. The lowest BCUT2D eigenvalue weighted by molar-refractivity contribution is -0.119. The standard InChI is InChI=1S/C8H11Cl3N2O3/c9-8(10,11)6(14)13-7(15)12-4-5-2-1-3-16-5/h5H,1-4H2,(H2,12,13,14,15). The number of amides is 3. The van der Waals surface area contributed by atoms with Gasteiger partial charge in [-0.3, -0.25) is 10.1 Å². The third-order valence-corrected chi connectivity index (χ3v) is 2.51. The molecule has 0 spiro atoms. The summed E-state index contributed by atoms with van der Waals surface area (Å²) in [5.41, 5.74) is 0. The SMILES string of the molecule is O=C(NCC1CCCO1)NC(=O)C(Cl)(Cl)Cl. The van der Waals surface area contributed by atoms with Crippen LogP contribution in [0.3, 0.4) is 0 Å². The number of urea groups is 1. The van der Waals surface area contributed by atoms with E-state index < -0.39 is 15.7 Å². The highest BCUT2D eigenvalue weighted by molar-refractivity contribution is 6.76. The molecule has 1 aliphatic rings. The Balaban J connectivity index is 2.22. The van der Waals surface area contributed by atoms with Gasteiger partial charge in [0.05, 0.1) is 6.10 Å². The van der Waals surface area contributed by atoms with Crippen molar-refractivity contribution in [2.24, 2.45) is 0 Å². The summed E-state index contributed by atoms with van der Waals surface area (Å²) in [6.07, 6.45) is 1.85. The van der Waals surface area contributed by atoms with Crippen LogP contribution in [-0.2, 0) is 9.53 Å². The average molecular weight is 290 g/mol. The molecule has 0 bridgehead atoms. The summed E-state index contributed by atoms with van der Waals surface area (Å²) < 4.78 is 3.13. The zero-order valence-electron chi connectivity index (χ0n) is 8.26. The van der Waals surface area contributed by atoms with Crippen molar-refractivity contribution < 1.29 is 14.3 Å². The van der Waals surface area contributed by atoms with Crippen LogP contribution in [0.2, 0.25) is 0 Å². The van der Waals surface area contributed by atoms with Crippen LogP contribution < -0.4 is 10.6 Å². The number of carbonyl (C=O) groups is 2. The van der Waals surface area contributed by atoms with E-state index in [-0.39, 0.29) is 6.10 Å². The van der Waals surface area contributed by atoms with Crippen LogP contribution in [0.4, 0.5) is 4.79 Å². The first kappa shape index (κ1) is 13.8. The van der Waals surface area contributed by atoms with Gasteiger partial charge < -0.3 is 10.1 Å². The maximum absolute atomic E-state index is 11.2. The molecule has 0 aromatic rings. The van der Waals surface area contributed by atoms with E-state index in [4.69, 9.17) is 39.5 Å². The Kier molecular flexibility index (Phi) is 5.11. The molecule has 0 aromatic heterocycles. The van der Waals surface area contributed by atoms with Gasteiger partial charge in [0.15, 0.2) is 0 Å². The predicted molar refractivity (Wildman–Crippen MR) is 60.8 cm³/mol. The number of hydrogen-bond donors (Lipinski definition) is 2. The van der Waals surface area contributed by atoms with Gasteiger partial charge in [0.1, 0.15) is 0 Å². The fourth-order valence-electron chi connectivity index (χ4n) is 1.23. The highest BCUT2D eigenvalue weighted by atomic mass is 35.6. The van der Waals surface area contributed by atoms with Crippen molar-refractivity contribution >= 4 is 46.7 Å². The molecule has 1 unspecified atom stereocenters. The third-order valence-electron chi connectivity index (χ3n) is 2.00. The van der Waals surface area contributed by atoms with Gasteiger partial charge in [0.25, 0.3) is 9.70 Å². The molecule has 2 N–H and O–H groups in total. The van der Waals surface area contributed by atoms with Gasteiger partial charge in [-0.15, -0.1) is 0 Å². The number of rotatable bonds is 2. The van der Waals surface area contributed by atoms with Crippen molar-refractivity contribution in [3.05, 3.63) is 0 Å². The third kappa shape index (κ3) is 4.74. The van der Waals surface area contributed by atoms with Crippen molar-refractivity contribution in [1.82, 2.24) is 10.6 Å². The van der Waals surface area contributed by atoms with Crippen LogP contribution >= 0.6 is 34.8 Å². The largest absolute Gasteiger partial charge is 0.376 e. The molecule has 8 heteroatoms. The second kappa shape index (κ2) is 5.91. The van der Waals surface area contributed by atoms with Crippen LogP contribution in [0.15, 0.2) is 0 Å². The first-order chi connectivity index (χ1) is 7.39. The van der Waals surface area contributed by atoms with E-state index in [1.807, 2.05) is 5.32 Å². The minimum Gasteiger partial charge on any atom is -0.376 e. The van der Waals surface area contributed by atoms with Gasteiger partial charge in [0.2, 0.25) is 0 Å². The second-order valence-corrected chi connectivity index (χ2v) is 5.58. The van der Waals surface area contributed by atoms with Gasteiger partial charge >= 0.3 is 6.03 Å². The number of alkyl halides is 3. The molecule has 16 heavy (non-hydrogen) atoms. The topological polar surface area (TPSA) is 67.4 Å². The Labute approximate surface area is 108 Å². The normalized spacial score (nSPS) is 20.6. The molecule has 1 rings (SSSR count). The molecule has 5 nitrogen and oxygen atoms in total. The summed E-state index contributed by atoms with van der Waals surface area (Å²) in [6.45, 7) is 1.03. The molecular weight excluding hydrogens is 278 g/mol. The van der Waals surface area contributed by atoms with Gasteiger partial charge in [-0.2, -0.15) is 0 Å². The number of hydrogen-bond acceptors (Lipinski definition) is 3. The van der Waals surface area contributed by atoms with Gasteiger partial charge in [-0.1, -0.05) is 34.8 Å². The Morgan fingerprint density at radius 2 is 2.06 bits per heavy atom. The number of carbonyl (C=O) groups excluding carboxylic acids is 2. The van der Waals surface area contributed by atoms with E-state index in [0.717, 1.165) is 12.8 Å². The Morgan fingerprint density at radius 3 is 2.56 bits per heavy atom. The van der Waals surface area contributed by atoms with Crippen LogP contribution in [0.1, 0.15) is 12.8 Å². The Hall–Kier alpha value is -0.230. The number of halogens is 3. The summed E-state index contributed by atoms with van der Waals surface area (Å²) in [6, 6.07) is -0.702. The predicted octanol–water partition coefficient (Wildman–Crippen LogP) is 1.36. The zero-order chi connectivity index (χ0) is 12.2. The van der Waals surface area contributed by atoms with Gasteiger partial charge in [-0.25, -0.2) is 4.79 Å². The smallest absolute Gasteiger partial charge is 0.321 e. The molecule has 92 valence electrons. The molecule has 0 saturated carbocycles. The van der Waals surface area contributed by atoms with Gasteiger partial charge in [0, 0.05) is 13.2 Å². The van der Waals surface area contributed by atoms with E-state index >= 15 is 0 Å². The fourth-order valence-corrected chi connectivity index (χ4v) is 1.37. The van der Waals surface area contributed by atoms with Crippen molar-refractivity contribution in [1.29, 1.82) is 0 Å². The summed E-state index contributed by atoms with van der Waals surface area (Å²) in [4.78, 5) is 22.3. The molecule has 0 aliphatic carbocycles.